The second kappa shape index (κ2) is 6.04. The summed E-state index contributed by atoms with van der Waals surface area (Å²) in [6.45, 7) is 2.18. The van der Waals surface area contributed by atoms with Crippen LogP contribution < -0.4 is 16.4 Å². The van der Waals surface area contributed by atoms with E-state index in [0.717, 1.165) is 6.92 Å². The Morgan fingerprint density at radius 2 is 1.94 bits per heavy atom. The molecule has 0 aromatic carbocycles. The van der Waals surface area contributed by atoms with Crippen molar-refractivity contribution < 1.29 is 24.6 Å². The van der Waals surface area contributed by atoms with Crippen molar-refractivity contribution in [1.82, 2.24) is 10.6 Å². The van der Waals surface area contributed by atoms with Crippen molar-refractivity contribution in [1.29, 1.82) is 0 Å². The van der Waals surface area contributed by atoms with Gasteiger partial charge >= 0.3 is 12.0 Å². The van der Waals surface area contributed by atoms with Crippen LogP contribution >= 0.6 is 0 Å². The molecule has 0 aliphatic rings. The zero-order valence-electron chi connectivity index (χ0n) is 9.69. The van der Waals surface area contributed by atoms with Crippen molar-refractivity contribution in [2.24, 2.45) is 5.73 Å². The topological polar surface area (TPSA) is 142 Å². The Kier molecular flexibility index (Phi) is 5.39. The number of carboxylic acids is 1. The smallest absolute Gasteiger partial charge is 0.337 e. The van der Waals surface area contributed by atoms with Gasteiger partial charge in [0, 0.05) is 12.5 Å². The lowest BCUT2D eigenvalue weighted by atomic mass is 10.1. The Labute approximate surface area is 98.2 Å². The summed E-state index contributed by atoms with van der Waals surface area (Å²) in [6, 6.07) is -1.15. The molecule has 98 valence electrons. The molecule has 8 nitrogen and oxygen atoms in total. The Hall–Kier alpha value is -1.83. The number of hydrogen-bond acceptors (Lipinski definition) is 4. The number of hydrogen-bond donors (Lipinski definition) is 5. The fraction of sp³-hybridized carbons (Fsp3) is 0.667. The van der Waals surface area contributed by atoms with Gasteiger partial charge in [-0.2, -0.15) is 0 Å². The summed E-state index contributed by atoms with van der Waals surface area (Å²) in [6.07, 6.45) is -0.0251. The minimum absolute atomic E-state index is 0.0251. The number of aliphatic hydroxyl groups is 1. The fourth-order valence-electron chi connectivity index (χ4n) is 0.956. The number of aliphatic carboxylic acids is 1. The highest BCUT2D eigenvalue weighted by atomic mass is 16.4. The second-order valence-electron chi connectivity index (χ2n) is 3.98. The van der Waals surface area contributed by atoms with Crippen molar-refractivity contribution in [3.05, 3.63) is 0 Å². The van der Waals surface area contributed by atoms with Crippen LogP contribution in [0.4, 0.5) is 4.79 Å². The van der Waals surface area contributed by atoms with Crippen LogP contribution in [0.15, 0.2) is 0 Å². The first-order chi connectivity index (χ1) is 7.65. The van der Waals surface area contributed by atoms with E-state index in [0.29, 0.717) is 0 Å². The first-order valence-corrected chi connectivity index (χ1v) is 4.93. The predicted molar refractivity (Wildman–Crippen MR) is 58.1 cm³/mol. The van der Waals surface area contributed by atoms with Gasteiger partial charge in [0.15, 0.2) is 5.60 Å². The van der Waals surface area contributed by atoms with Gasteiger partial charge in [0.25, 0.3) is 0 Å². The maximum absolute atomic E-state index is 11.2. The van der Waals surface area contributed by atoms with E-state index in [4.69, 9.17) is 10.8 Å². The summed E-state index contributed by atoms with van der Waals surface area (Å²) in [4.78, 5) is 32.3. The monoisotopic (exact) mass is 247 g/mol. The van der Waals surface area contributed by atoms with Crippen molar-refractivity contribution >= 4 is 17.9 Å². The molecule has 3 amide bonds. The van der Waals surface area contributed by atoms with Gasteiger partial charge in [0.1, 0.15) is 0 Å². The van der Waals surface area contributed by atoms with Crippen LogP contribution in [0.1, 0.15) is 20.3 Å². The van der Waals surface area contributed by atoms with Crippen LogP contribution in [0.2, 0.25) is 0 Å². The number of nitrogens with two attached hydrogens (primary N) is 1. The van der Waals surface area contributed by atoms with Crippen LogP contribution in [0.5, 0.6) is 0 Å². The first-order valence-electron chi connectivity index (χ1n) is 4.93. The summed E-state index contributed by atoms with van der Waals surface area (Å²) in [5.74, 6) is -2.00. The quantitative estimate of drug-likeness (QED) is 0.383. The molecular weight excluding hydrogens is 230 g/mol. The molecule has 0 saturated heterocycles. The first kappa shape index (κ1) is 15.2. The summed E-state index contributed by atoms with van der Waals surface area (Å²) >= 11 is 0. The molecule has 0 bridgehead atoms. The van der Waals surface area contributed by atoms with Gasteiger partial charge in [-0.25, -0.2) is 9.59 Å². The number of carboxylic acid groups (broad SMARTS) is 1. The van der Waals surface area contributed by atoms with Crippen LogP contribution in [0.3, 0.4) is 0 Å². The SMILES string of the molecule is CC(CC(N)=O)NC(=O)NCC(C)(O)C(=O)O. The number of carbonyl (C=O) groups excluding carboxylic acids is 2. The molecule has 6 N–H and O–H groups in total. The molecule has 2 unspecified atom stereocenters. The number of rotatable bonds is 6. The molecule has 0 rings (SSSR count). The number of primary amides is 1. The van der Waals surface area contributed by atoms with Crippen LogP contribution in [-0.2, 0) is 9.59 Å². The Morgan fingerprint density at radius 1 is 1.41 bits per heavy atom. The van der Waals surface area contributed by atoms with Gasteiger partial charge in [0.05, 0.1) is 6.54 Å². The van der Waals surface area contributed by atoms with E-state index in [1.165, 1.54) is 0 Å². The number of carbonyl (C=O) groups is 3. The third kappa shape index (κ3) is 6.36. The predicted octanol–water partition coefficient (Wildman–Crippen LogP) is -1.61. The Bertz CT molecular complexity index is 316. The van der Waals surface area contributed by atoms with E-state index in [1.54, 1.807) is 6.92 Å². The molecule has 0 aliphatic heterocycles. The highest BCUT2D eigenvalue weighted by molar-refractivity contribution is 5.80. The van der Waals surface area contributed by atoms with E-state index in [2.05, 4.69) is 10.6 Å². The molecule has 0 aromatic rings. The summed E-state index contributed by atoms with van der Waals surface area (Å²) in [7, 11) is 0. The Balaban J connectivity index is 4.04. The van der Waals surface area contributed by atoms with Gasteiger partial charge in [-0.15, -0.1) is 0 Å². The molecule has 0 radical (unpaired) electrons. The average Bonchev–Trinajstić information content (AvgIpc) is 2.13. The lowest BCUT2D eigenvalue weighted by Gasteiger charge is -2.19. The molecule has 8 heteroatoms. The van der Waals surface area contributed by atoms with E-state index < -0.39 is 36.1 Å². The lowest BCUT2D eigenvalue weighted by molar-refractivity contribution is -0.155. The minimum Gasteiger partial charge on any atom is -0.479 e. The molecule has 0 heterocycles. The summed E-state index contributed by atoms with van der Waals surface area (Å²) < 4.78 is 0. The van der Waals surface area contributed by atoms with E-state index in [-0.39, 0.29) is 6.42 Å². The van der Waals surface area contributed by atoms with Gasteiger partial charge in [-0.1, -0.05) is 0 Å². The third-order valence-electron chi connectivity index (χ3n) is 1.94. The molecule has 0 saturated carbocycles. The number of amides is 3. The second-order valence-corrected chi connectivity index (χ2v) is 3.98. The van der Waals surface area contributed by atoms with E-state index >= 15 is 0 Å². The van der Waals surface area contributed by atoms with Gasteiger partial charge in [0.2, 0.25) is 5.91 Å². The Morgan fingerprint density at radius 3 is 2.35 bits per heavy atom. The van der Waals surface area contributed by atoms with E-state index in [9.17, 15) is 19.5 Å². The minimum atomic E-state index is -2.04. The summed E-state index contributed by atoms with van der Waals surface area (Å²) in [5.41, 5.74) is 2.89. The molecule has 2 atom stereocenters. The molecule has 0 aromatic heterocycles. The van der Waals surface area contributed by atoms with Crippen LogP contribution in [0, 0.1) is 0 Å². The number of nitrogens with one attached hydrogen (secondary N) is 2. The van der Waals surface area contributed by atoms with Crippen molar-refractivity contribution in [2.45, 2.75) is 31.9 Å². The zero-order chi connectivity index (χ0) is 13.6. The maximum Gasteiger partial charge on any atom is 0.337 e. The van der Waals surface area contributed by atoms with Gasteiger partial charge in [-0.3, -0.25) is 4.79 Å². The molecule has 0 spiro atoms. The van der Waals surface area contributed by atoms with Crippen molar-refractivity contribution in [3.63, 3.8) is 0 Å². The van der Waals surface area contributed by atoms with Gasteiger partial charge in [-0.05, 0) is 13.8 Å². The largest absolute Gasteiger partial charge is 0.479 e. The number of urea groups is 1. The molecule has 17 heavy (non-hydrogen) atoms. The van der Waals surface area contributed by atoms with Crippen molar-refractivity contribution in [3.8, 4) is 0 Å². The van der Waals surface area contributed by atoms with Crippen LogP contribution in [-0.4, -0.2) is 46.3 Å². The van der Waals surface area contributed by atoms with E-state index in [1.807, 2.05) is 0 Å². The van der Waals surface area contributed by atoms with Gasteiger partial charge < -0.3 is 26.6 Å². The standard InChI is InChI=1S/C9H17N3O5/c1-5(3-6(10)13)12-8(16)11-4-9(2,17)7(14)15/h5,17H,3-4H2,1-2H3,(H2,10,13)(H,14,15)(H2,11,12,16). The summed E-state index contributed by atoms with van der Waals surface area (Å²) in [5, 5.41) is 22.4. The highest BCUT2D eigenvalue weighted by Crippen LogP contribution is 2.00. The maximum atomic E-state index is 11.2. The fourth-order valence-corrected chi connectivity index (χ4v) is 0.956. The molecule has 0 aliphatic carbocycles. The zero-order valence-corrected chi connectivity index (χ0v) is 9.69. The lowest BCUT2D eigenvalue weighted by Crippen LogP contribution is -2.50. The normalized spacial score (nSPS) is 15.5. The van der Waals surface area contributed by atoms with Crippen LogP contribution in [0.25, 0.3) is 0 Å². The highest BCUT2D eigenvalue weighted by Gasteiger charge is 2.30. The third-order valence-corrected chi connectivity index (χ3v) is 1.94. The van der Waals surface area contributed by atoms with Crippen molar-refractivity contribution in [2.75, 3.05) is 6.54 Å². The molecule has 0 fully saturated rings. The average molecular weight is 247 g/mol. The molecular formula is C9H17N3O5.